The minimum Gasteiger partial charge on any atom is -0.469 e. The lowest BCUT2D eigenvalue weighted by atomic mass is 9.52. The van der Waals surface area contributed by atoms with Gasteiger partial charge in [0.1, 0.15) is 5.82 Å². The first-order valence-corrected chi connectivity index (χ1v) is 12.3. The summed E-state index contributed by atoms with van der Waals surface area (Å²) >= 11 is 0. The van der Waals surface area contributed by atoms with Gasteiger partial charge in [0.25, 0.3) is 0 Å². The number of esters is 1. The number of carbonyl (C=O) groups is 2. The van der Waals surface area contributed by atoms with Crippen LogP contribution in [0.25, 0.3) is 0 Å². The molecule has 1 amide bonds. The maximum Gasteiger partial charge on any atom is 0.308 e. The fraction of sp³-hybridized carbons (Fsp3) is 0.692. The van der Waals surface area contributed by atoms with Crippen LogP contribution in [0.1, 0.15) is 56.9 Å². The molecule has 5 fully saturated rings. The number of hydrogen-bond acceptors (Lipinski definition) is 4. The number of piperidine rings is 1. The Hall–Kier alpha value is -1.95. The van der Waals surface area contributed by atoms with Gasteiger partial charge < -0.3 is 9.64 Å². The third kappa shape index (κ3) is 4.30. The molecule has 1 aromatic rings. The molecule has 1 aliphatic heterocycles. The predicted octanol–water partition coefficient (Wildman–Crippen LogP) is 4.01. The van der Waals surface area contributed by atoms with Gasteiger partial charge in [-0.15, -0.1) is 0 Å². The molecule has 0 N–H and O–H groups in total. The fourth-order valence-corrected chi connectivity index (χ4v) is 7.46. The van der Waals surface area contributed by atoms with E-state index in [0.717, 1.165) is 68.5 Å². The Bertz CT molecular complexity index is 812. The standard InChI is InChI=1S/C26H35FN2O3/c1-32-25(31)22-6-8-28(9-7-22)17-24(30)29(16-18-2-4-23(27)5-3-18)26-13-19-10-20(14-26)12-21(11-19)15-26/h2-5,19-22H,6-17H2,1H3. The normalized spacial score (nSPS) is 32.1. The van der Waals surface area contributed by atoms with Crippen LogP contribution >= 0.6 is 0 Å². The Morgan fingerprint density at radius 1 is 1.03 bits per heavy atom. The molecule has 0 unspecified atom stereocenters. The van der Waals surface area contributed by atoms with Crippen molar-refractivity contribution in [3.05, 3.63) is 35.6 Å². The van der Waals surface area contributed by atoms with E-state index in [0.29, 0.717) is 13.1 Å². The third-order valence-electron chi connectivity index (χ3n) is 8.61. The van der Waals surface area contributed by atoms with Crippen LogP contribution in [0.3, 0.4) is 0 Å². The van der Waals surface area contributed by atoms with Gasteiger partial charge in [-0.05, 0) is 99.9 Å². The molecular formula is C26H35FN2O3. The van der Waals surface area contributed by atoms with Crippen molar-refractivity contribution < 1.29 is 18.7 Å². The molecule has 6 heteroatoms. The SMILES string of the molecule is COC(=O)C1CCN(CC(=O)N(Cc2ccc(F)cc2)C23CC4CC(CC(C4)C2)C3)CC1. The van der Waals surface area contributed by atoms with Crippen LogP contribution in [0.15, 0.2) is 24.3 Å². The summed E-state index contributed by atoms with van der Waals surface area (Å²) in [6.45, 7) is 2.45. The number of amides is 1. The Labute approximate surface area is 190 Å². The number of rotatable bonds is 6. The summed E-state index contributed by atoms with van der Waals surface area (Å²) in [6, 6.07) is 6.63. The highest BCUT2D eigenvalue weighted by molar-refractivity contribution is 5.79. The minimum absolute atomic E-state index is 0.0371. The van der Waals surface area contributed by atoms with Crippen LogP contribution in [0.4, 0.5) is 4.39 Å². The largest absolute Gasteiger partial charge is 0.469 e. The van der Waals surface area contributed by atoms with E-state index in [2.05, 4.69) is 9.80 Å². The van der Waals surface area contributed by atoms with Crippen molar-refractivity contribution in [2.45, 2.75) is 63.5 Å². The highest BCUT2D eigenvalue weighted by atomic mass is 19.1. The molecule has 5 aliphatic rings. The molecule has 0 aromatic heterocycles. The van der Waals surface area contributed by atoms with Crippen molar-refractivity contribution in [1.82, 2.24) is 9.80 Å². The zero-order chi connectivity index (χ0) is 22.3. The highest BCUT2D eigenvalue weighted by Crippen LogP contribution is 2.58. The fourth-order valence-electron chi connectivity index (χ4n) is 7.46. The molecule has 1 heterocycles. The highest BCUT2D eigenvalue weighted by Gasteiger charge is 2.54. The minimum atomic E-state index is -0.241. The van der Waals surface area contributed by atoms with E-state index in [4.69, 9.17) is 4.74 Å². The Morgan fingerprint density at radius 3 is 2.12 bits per heavy atom. The van der Waals surface area contributed by atoms with E-state index < -0.39 is 0 Å². The summed E-state index contributed by atoms with van der Waals surface area (Å²) in [5.41, 5.74) is 0.963. The molecule has 4 aliphatic carbocycles. The first kappa shape index (κ1) is 21.9. The molecular weight excluding hydrogens is 407 g/mol. The summed E-state index contributed by atoms with van der Waals surface area (Å²) in [6.07, 6.45) is 8.85. The lowest BCUT2D eigenvalue weighted by molar-refractivity contribution is -0.154. The Kier molecular flexibility index (Phi) is 5.99. The van der Waals surface area contributed by atoms with E-state index in [-0.39, 0.29) is 29.2 Å². The van der Waals surface area contributed by atoms with Crippen LogP contribution in [0, 0.1) is 29.5 Å². The molecule has 4 saturated carbocycles. The number of nitrogens with zero attached hydrogens (tertiary/aromatic N) is 2. The number of ether oxygens (including phenoxy) is 1. The Balaban J connectivity index is 1.32. The van der Waals surface area contributed by atoms with E-state index in [1.54, 1.807) is 0 Å². The van der Waals surface area contributed by atoms with Crippen LogP contribution in [0.5, 0.6) is 0 Å². The van der Waals surface area contributed by atoms with Gasteiger partial charge in [0.15, 0.2) is 0 Å². The van der Waals surface area contributed by atoms with E-state index in [1.807, 2.05) is 12.1 Å². The van der Waals surface area contributed by atoms with Crippen molar-refractivity contribution in [3.63, 3.8) is 0 Å². The number of hydrogen-bond donors (Lipinski definition) is 0. The molecule has 174 valence electrons. The summed E-state index contributed by atoms with van der Waals surface area (Å²) < 4.78 is 18.4. The van der Waals surface area contributed by atoms with Crippen LogP contribution in [-0.2, 0) is 20.9 Å². The van der Waals surface area contributed by atoms with E-state index >= 15 is 0 Å². The second-order valence-electron chi connectivity index (χ2n) is 10.8. The molecule has 6 rings (SSSR count). The maximum atomic E-state index is 13.8. The lowest BCUT2D eigenvalue weighted by Crippen LogP contribution is -2.62. The topological polar surface area (TPSA) is 49.9 Å². The second kappa shape index (κ2) is 8.77. The maximum absolute atomic E-state index is 13.8. The zero-order valence-corrected chi connectivity index (χ0v) is 19.1. The number of methoxy groups -OCH3 is 1. The first-order chi connectivity index (χ1) is 15.4. The van der Waals surface area contributed by atoms with Crippen molar-refractivity contribution in [2.24, 2.45) is 23.7 Å². The summed E-state index contributed by atoms with van der Waals surface area (Å²) in [7, 11) is 1.44. The first-order valence-electron chi connectivity index (χ1n) is 12.3. The molecule has 32 heavy (non-hydrogen) atoms. The molecule has 0 radical (unpaired) electrons. The average molecular weight is 443 g/mol. The van der Waals surface area contributed by atoms with Crippen molar-refractivity contribution in [3.8, 4) is 0 Å². The van der Waals surface area contributed by atoms with Gasteiger partial charge in [-0.1, -0.05) is 12.1 Å². The van der Waals surface area contributed by atoms with Crippen LogP contribution in [0.2, 0.25) is 0 Å². The van der Waals surface area contributed by atoms with E-state index in [1.165, 1.54) is 38.5 Å². The van der Waals surface area contributed by atoms with Gasteiger partial charge in [-0.3, -0.25) is 14.5 Å². The third-order valence-corrected chi connectivity index (χ3v) is 8.61. The van der Waals surface area contributed by atoms with E-state index in [9.17, 15) is 14.0 Å². The molecule has 4 bridgehead atoms. The van der Waals surface area contributed by atoms with Gasteiger partial charge in [0, 0.05) is 12.1 Å². The quantitative estimate of drug-likeness (QED) is 0.625. The van der Waals surface area contributed by atoms with Crippen molar-refractivity contribution >= 4 is 11.9 Å². The summed E-state index contributed by atoms with van der Waals surface area (Å²) in [5.74, 6) is 2.01. The zero-order valence-electron chi connectivity index (χ0n) is 19.1. The molecule has 1 aromatic carbocycles. The molecule has 0 spiro atoms. The number of likely N-dealkylation sites (tertiary alicyclic amines) is 1. The molecule has 0 atom stereocenters. The van der Waals surface area contributed by atoms with Gasteiger partial charge >= 0.3 is 5.97 Å². The molecule has 5 nitrogen and oxygen atoms in total. The average Bonchev–Trinajstić information content (AvgIpc) is 2.77. The predicted molar refractivity (Wildman–Crippen MR) is 119 cm³/mol. The number of benzene rings is 1. The van der Waals surface area contributed by atoms with Gasteiger partial charge in [-0.2, -0.15) is 0 Å². The van der Waals surface area contributed by atoms with Gasteiger partial charge in [0.05, 0.1) is 19.6 Å². The summed E-state index contributed by atoms with van der Waals surface area (Å²) in [5, 5.41) is 0. The van der Waals surface area contributed by atoms with Gasteiger partial charge in [0.2, 0.25) is 5.91 Å². The van der Waals surface area contributed by atoms with Gasteiger partial charge in [-0.25, -0.2) is 4.39 Å². The monoisotopic (exact) mass is 442 g/mol. The van der Waals surface area contributed by atoms with Crippen molar-refractivity contribution in [1.29, 1.82) is 0 Å². The van der Waals surface area contributed by atoms with Crippen molar-refractivity contribution in [2.75, 3.05) is 26.7 Å². The summed E-state index contributed by atoms with van der Waals surface area (Å²) in [4.78, 5) is 30.0. The Morgan fingerprint density at radius 2 is 1.59 bits per heavy atom. The van der Waals surface area contributed by atoms with Crippen LogP contribution < -0.4 is 0 Å². The molecule has 1 saturated heterocycles. The number of halogens is 1. The smallest absolute Gasteiger partial charge is 0.308 e. The lowest BCUT2D eigenvalue weighted by Gasteiger charge is -2.60. The number of carbonyl (C=O) groups excluding carboxylic acids is 2. The van der Waals surface area contributed by atoms with Crippen LogP contribution in [-0.4, -0.2) is 54.0 Å². The second-order valence-corrected chi connectivity index (χ2v) is 10.8.